The Balaban J connectivity index is 1.48. The minimum atomic E-state index is -0.327. The Bertz CT molecular complexity index is 969. The Hall–Kier alpha value is -3.28. The van der Waals surface area contributed by atoms with Crippen LogP contribution in [0.1, 0.15) is 18.4 Å². The SMILES string of the molecule is O=C(CCCc1ccccc1)NCCn1nc(-c2ccc(F)cc2)ccc1=O. The Labute approximate surface area is 162 Å². The van der Waals surface area contributed by atoms with E-state index < -0.39 is 0 Å². The second-order valence-electron chi connectivity index (χ2n) is 6.48. The summed E-state index contributed by atoms with van der Waals surface area (Å²) in [5.74, 6) is -0.370. The fourth-order valence-electron chi connectivity index (χ4n) is 2.87. The van der Waals surface area contributed by atoms with E-state index in [2.05, 4.69) is 10.4 Å². The predicted molar refractivity (Wildman–Crippen MR) is 106 cm³/mol. The molecule has 144 valence electrons. The Morgan fingerprint density at radius 3 is 2.50 bits per heavy atom. The smallest absolute Gasteiger partial charge is 0.266 e. The zero-order chi connectivity index (χ0) is 19.8. The molecule has 1 N–H and O–H groups in total. The molecule has 5 nitrogen and oxygen atoms in total. The number of benzene rings is 2. The largest absolute Gasteiger partial charge is 0.354 e. The maximum Gasteiger partial charge on any atom is 0.266 e. The average Bonchev–Trinajstić information content (AvgIpc) is 2.71. The molecule has 28 heavy (non-hydrogen) atoms. The fraction of sp³-hybridized carbons (Fsp3) is 0.227. The van der Waals surface area contributed by atoms with E-state index in [0.29, 0.717) is 18.7 Å². The Morgan fingerprint density at radius 2 is 1.75 bits per heavy atom. The van der Waals surface area contributed by atoms with Gasteiger partial charge in [-0.1, -0.05) is 30.3 Å². The lowest BCUT2D eigenvalue weighted by Crippen LogP contribution is -2.31. The van der Waals surface area contributed by atoms with E-state index in [1.165, 1.54) is 28.4 Å². The molecule has 0 unspecified atom stereocenters. The van der Waals surface area contributed by atoms with Gasteiger partial charge in [-0.05, 0) is 48.7 Å². The third kappa shape index (κ3) is 5.61. The summed E-state index contributed by atoms with van der Waals surface area (Å²) in [5.41, 5.74) is 2.27. The van der Waals surface area contributed by atoms with Crippen molar-refractivity contribution >= 4 is 5.91 Å². The quantitative estimate of drug-likeness (QED) is 0.654. The van der Waals surface area contributed by atoms with Crippen molar-refractivity contribution in [1.82, 2.24) is 15.1 Å². The van der Waals surface area contributed by atoms with Crippen LogP contribution in [0.25, 0.3) is 11.3 Å². The Kier molecular flexibility index (Phi) is 6.68. The van der Waals surface area contributed by atoms with Gasteiger partial charge < -0.3 is 5.32 Å². The fourth-order valence-corrected chi connectivity index (χ4v) is 2.87. The average molecular weight is 379 g/mol. The number of aryl methyl sites for hydroxylation is 1. The standard InChI is InChI=1S/C22H22FN3O2/c23-19-11-9-18(10-12-19)20-13-14-22(28)26(25-20)16-15-24-21(27)8-4-7-17-5-2-1-3-6-17/h1-3,5-6,9-14H,4,7-8,15-16H2,(H,24,27). The summed E-state index contributed by atoms with van der Waals surface area (Å²) in [6, 6.07) is 19.0. The van der Waals surface area contributed by atoms with Crippen molar-refractivity contribution in [3.63, 3.8) is 0 Å². The first-order chi connectivity index (χ1) is 13.6. The topological polar surface area (TPSA) is 64.0 Å². The molecule has 0 saturated heterocycles. The second kappa shape index (κ2) is 9.60. The molecule has 2 aromatic carbocycles. The summed E-state index contributed by atoms with van der Waals surface area (Å²) in [6.45, 7) is 0.599. The van der Waals surface area contributed by atoms with Crippen LogP contribution in [0.3, 0.4) is 0 Å². The van der Waals surface area contributed by atoms with E-state index in [1.807, 2.05) is 30.3 Å². The van der Waals surface area contributed by atoms with Crippen LogP contribution in [0.15, 0.2) is 71.5 Å². The van der Waals surface area contributed by atoms with Crippen molar-refractivity contribution in [2.75, 3.05) is 6.54 Å². The normalized spacial score (nSPS) is 10.6. The number of amides is 1. The van der Waals surface area contributed by atoms with Gasteiger partial charge in [-0.25, -0.2) is 9.07 Å². The zero-order valence-electron chi connectivity index (χ0n) is 15.5. The third-order valence-electron chi connectivity index (χ3n) is 4.36. The van der Waals surface area contributed by atoms with Crippen molar-refractivity contribution in [2.45, 2.75) is 25.8 Å². The molecular formula is C22H22FN3O2. The zero-order valence-corrected chi connectivity index (χ0v) is 15.5. The molecule has 0 aliphatic carbocycles. The van der Waals surface area contributed by atoms with Crippen LogP contribution < -0.4 is 10.9 Å². The van der Waals surface area contributed by atoms with Crippen molar-refractivity contribution < 1.29 is 9.18 Å². The molecule has 0 atom stereocenters. The first-order valence-electron chi connectivity index (χ1n) is 9.26. The van der Waals surface area contributed by atoms with Gasteiger partial charge in [0.15, 0.2) is 0 Å². The van der Waals surface area contributed by atoms with Gasteiger partial charge in [0, 0.05) is 24.6 Å². The first kappa shape index (κ1) is 19.5. The van der Waals surface area contributed by atoms with Crippen LogP contribution in [0.4, 0.5) is 4.39 Å². The molecule has 0 spiro atoms. The van der Waals surface area contributed by atoms with Gasteiger partial charge >= 0.3 is 0 Å². The molecule has 1 amide bonds. The minimum absolute atomic E-state index is 0.0429. The molecular weight excluding hydrogens is 357 g/mol. The number of hydrogen-bond donors (Lipinski definition) is 1. The van der Waals surface area contributed by atoms with Gasteiger partial charge in [0.2, 0.25) is 5.91 Å². The molecule has 0 fully saturated rings. The maximum absolute atomic E-state index is 13.1. The lowest BCUT2D eigenvalue weighted by Gasteiger charge is -2.09. The van der Waals surface area contributed by atoms with Gasteiger partial charge in [-0.3, -0.25) is 9.59 Å². The van der Waals surface area contributed by atoms with E-state index in [4.69, 9.17) is 0 Å². The molecule has 6 heteroatoms. The van der Waals surface area contributed by atoms with Crippen molar-refractivity contribution in [2.24, 2.45) is 0 Å². The molecule has 3 rings (SSSR count). The molecule has 0 aliphatic heterocycles. The number of carbonyl (C=O) groups excluding carboxylic acids is 1. The van der Waals surface area contributed by atoms with Crippen molar-refractivity contribution in [1.29, 1.82) is 0 Å². The maximum atomic E-state index is 13.1. The molecule has 0 aliphatic rings. The monoisotopic (exact) mass is 379 g/mol. The predicted octanol–water partition coefficient (Wildman–Crippen LogP) is 3.19. The molecule has 0 radical (unpaired) electrons. The Morgan fingerprint density at radius 1 is 1.00 bits per heavy atom. The molecule has 3 aromatic rings. The van der Waals surface area contributed by atoms with Crippen LogP contribution in [0, 0.1) is 5.82 Å². The summed E-state index contributed by atoms with van der Waals surface area (Å²) in [6.07, 6.45) is 2.07. The van der Waals surface area contributed by atoms with Crippen LogP contribution in [-0.4, -0.2) is 22.2 Å². The van der Waals surface area contributed by atoms with Gasteiger partial charge in [0.1, 0.15) is 5.82 Å². The van der Waals surface area contributed by atoms with E-state index in [1.54, 1.807) is 18.2 Å². The van der Waals surface area contributed by atoms with Crippen LogP contribution in [0.2, 0.25) is 0 Å². The van der Waals surface area contributed by atoms with E-state index in [9.17, 15) is 14.0 Å². The summed E-state index contributed by atoms with van der Waals surface area (Å²) in [7, 11) is 0. The number of hydrogen-bond acceptors (Lipinski definition) is 3. The lowest BCUT2D eigenvalue weighted by molar-refractivity contribution is -0.121. The van der Waals surface area contributed by atoms with Crippen molar-refractivity contribution in [3.8, 4) is 11.3 Å². The number of aromatic nitrogens is 2. The lowest BCUT2D eigenvalue weighted by atomic mass is 10.1. The molecule has 1 heterocycles. The van der Waals surface area contributed by atoms with Gasteiger partial charge in [-0.2, -0.15) is 5.10 Å². The number of carbonyl (C=O) groups is 1. The van der Waals surface area contributed by atoms with Crippen LogP contribution >= 0.6 is 0 Å². The molecule has 0 saturated carbocycles. The summed E-state index contributed by atoms with van der Waals surface area (Å²) in [4.78, 5) is 24.0. The van der Waals surface area contributed by atoms with E-state index >= 15 is 0 Å². The van der Waals surface area contributed by atoms with Gasteiger partial charge in [0.25, 0.3) is 5.56 Å². The first-order valence-corrected chi connectivity index (χ1v) is 9.26. The highest BCUT2D eigenvalue weighted by atomic mass is 19.1. The van der Waals surface area contributed by atoms with Gasteiger partial charge in [0.05, 0.1) is 12.2 Å². The second-order valence-corrected chi connectivity index (χ2v) is 6.48. The number of halogens is 1. The summed E-state index contributed by atoms with van der Waals surface area (Å²) < 4.78 is 14.4. The van der Waals surface area contributed by atoms with Crippen molar-refractivity contribution in [3.05, 3.63) is 88.5 Å². The highest BCUT2D eigenvalue weighted by molar-refractivity contribution is 5.75. The van der Waals surface area contributed by atoms with Crippen LogP contribution in [-0.2, 0) is 17.8 Å². The third-order valence-corrected chi connectivity index (χ3v) is 4.36. The molecule has 1 aromatic heterocycles. The van der Waals surface area contributed by atoms with E-state index in [-0.39, 0.29) is 23.8 Å². The van der Waals surface area contributed by atoms with Crippen LogP contribution in [0.5, 0.6) is 0 Å². The van der Waals surface area contributed by atoms with Gasteiger partial charge in [-0.15, -0.1) is 0 Å². The summed E-state index contributed by atoms with van der Waals surface area (Å²) in [5, 5.41) is 7.12. The number of nitrogens with one attached hydrogen (secondary N) is 1. The minimum Gasteiger partial charge on any atom is -0.354 e. The van der Waals surface area contributed by atoms with E-state index in [0.717, 1.165) is 18.4 Å². The number of rotatable bonds is 8. The highest BCUT2D eigenvalue weighted by Gasteiger charge is 2.05. The summed E-state index contributed by atoms with van der Waals surface area (Å²) >= 11 is 0. The highest BCUT2D eigenvalue weighted by Crippen LogP contribution is 2.15. The number of nitrogens with zero attached hydrogens (tertiary/aromatic N) is 2. The molecule has 0 bridgehead atoms.